The van der Waals surface area contributed by atoms with Crippen molar-refractivity contribution in [3.05, 3.63) is 0 Å². The summed E-state index contributed by atoms with van der Waals surface area (Å²) in [6.45, 7) is 1.68. The Hall–Kier alpha value is -0.120. The SMILES string of the molecule is OCC1(NC2CCCCCC2)CCOC1. The van der Waals surface area contributed by atoms with Gasteiger partial charge in [0.15, 0.2) is 0 Å². The van der Waals surface area contributed by atoms with E-state index in [-0.39, 0.29) is 12.1 Å². The number of hydrogen-bond acceptors (Lipinski definition) is 3. The first-order valence-electron chi connectivity index (χ1n) is 6.31. The van der Waals surface area contributed by atoms with Crippen LogP contribution in [0.1, 0.15) is 44.9 Å². The zero-order valence-electron chi connectivity index (χ0n) is 9.50. The van der Waals surface area contributed by atoms with E-state index >= 15 is 0 Å². The van der Waals surface area contributed by atoms with Gasteiger partial charge < -0.3 is 15.2 Å². The lowest BCUT2D eigenvalue weighted by Gasteiger charge is -2.31. The first-order chi connectivity index (χ1) is 7.35. The summed E-state index contributed by atoms with van der Waals surface area (Å²) in [6, 6.07) is 0.598. The number of ether oxygens (including phenoxy) is 1. The van der Waals surface area contributed by atoms with Crippen LogP contribution in [0.2, 0.25) is 0 Å². The zero-order chi connectivity index (χ0) is 10.6. The Balaban J connectivity index is 1.87. The number of aliphatic hydroxyl groups is 1. The second-order valence-electron chi connectivity index (χ2n) is 5.07. The maximum Gasteiger partial charge on any atom is 0.0675 e. The standard InChI is InChI=1S/C12H23NO2/c14-9-12(7-8-15-10-12)13-11-5-3-1-2-4-6-11/h11,13-14H,1-10H2. The smallest absolute Gasteiger partial charge is 0.0675 e. The molecule has 2 fully saturated rings. The minimum Gasteiger partial charge on any atom is -0.394 e. The van der Waals surface area contributed by atoms with Crippen molar-refractivity contribution in [1.29, 1.82) is 0 Å². The third kappa shape index (κ3) is 2.92. The summed E-state index contributed by atoms with van der Waals surface area (Å²) in [7, 11) is 0. The van der Waals surface area contributed by atoms with Crippen molar-refractivity contribution in [2.75, 3.05) is 19.8 Å². The zero-order valence-corrected chi connectivity index (χ0v) is 9.50. The lowest BCUT2D eigenvalue weighted by molar-refractivity contribution is 0.110. The number of hydrogen-bond donors (Lipinski definition) is 2. The molecule has 2 rings (SSSR count). The second kappa shape index (κ2) is 5.28. The lowest BCUT2D eigenvalue weighted by atomic mass is 9.96. The molecule has 1 saturated heterocycles. The van der Waals surface area contributed by atoms with Gasteiger partial charge in [0.05, 0.1) is 18.8 Å². The molecular weight excluding hydrogens is 190 g/mol. The van der Waals surface area contributed by atoms with E-state index in [4.69, 9.17) is 4.74 Å². The van der Waals surface area contributed by atoms with Gasteiger partial charge in [-0.1, -0.05) is 25.7 Å². The molecule has 3 heteroatoms. The van der Waals surface area contributed by atoms with Crippen LogP contribution >= 0.6 is 0 Å². The molecule has 15 heavy (non-hydrogen) atoms. The van der Waals surface area contributed by atoms with Crippen LogP contribution in [-0.4, -0.2) is 36.5 Å². The van der Waals surface area contributed by atoms with Crippen molar-refractivity contribution in [2.45, 2.75) is 56.5 Å². The van der Waals surface area contributed by atoms with E-state index in [9.17, 15) is 5.11 Å². The topological polar surface area (TPSA) is 41.5 Å². The molecule has 0 radical (unpaired) electrons. The predicted molar refractivity (Wildman–Crippen MR) is 59.9 cm³/mol. The van der Waals surface area contributed by atoms with Crippen LogP contribution in [0.15, 0.2) is 0 Å². The fraction of sp³-hybridized carbons (Fsp3) is 1.00. The maximum absolute atomic E-state index is 9.47. The van der Waals surface area contributed by atoms with Crippen LogP contribution in [-0.2, 0) is 4.74 Å². The van der Waals surface area contributed by atoms with E-state index in [1.807, 2.05) is 0 Å². The summed E-state index contributed by atoms with van der Waals surface area (Å²) < 4.78 is 5.40. The molecule has 0 bridgehead atoms. The largest absolute Gasteiger partial charge is 0.394 e. The Morgan fingerprint density at radius 1 is 1.20 bits per heavy atom. The van der Waals surface area contributed by atoms with Crippen molar-refractivity contribution in [3.63, 3.8) is 0 Å². The minimum atomic E-state index is -0.130. The van der Waals surface area contributed by atoms with Gasteiger partial charge in [0.2, 0.25) is 0 Å². The van der Waals surface area contributed by atoms with Crippen LogP contribution in [0.3, 0.4) is 0 Å². The minimum absolute atomic E-state index is 0.130. The molecule has 2 aliphatic rings. The molecule has 0 aromatic rings. The third-order valence-corrected chi connectivity index (χ3v) is 3.77. The van der Waals surface area contributed by atoms with E-state index < -0.39 is 0 Å². The highest BCUT2D eigenvalue weighted by Crippen LogP contribution is 2.23. The van der Waals surface area contributed by atoms with Crippen LogP contribution < -0.4 is 5.32 Å². The van der Waals surface area contributed by atoms with E-state index in [0.717, 1.165) is 13.0 Å². The molecule has 88 valence electrons. The first-order valence-corrected chi connectivity index (χ1v) is 6.31. The van der Waals surface area contributed by atoms with Gasteiger partial charge in [-0.3, -0.25) is 0 Å². The van der Waals surface area contributed by atoms with Crippen LogP contribution in [0, 0.1) is 0 Å². The molecule has 2 N–H and O–H groups in total. The molecule has 1 heterocycles. The van der Waals surface area contributed by atoms with Gasteiger partial charge in [-0.15, -0.1) is 0 Å². The lowest BCUT2D eigenvalue weighted by Crippen LogP contribution is -2.53. The summed E-state index contributed by atoms with van der Waals surface area (Å²) in [5.74, 6) is 0. The van der Waals surface area contributed by atoms with Gasteiger partial charge in [-0.05, 0) is 19.3 Å². The monoisotopic (exact) mass is 213 g/mol. The summed E-state index contributed by atoms with van der Waals surface area (Å²) >= 11 is 0. The average Bonchev–Trinajstić information content (AvgIpc) is 2.57. The van der Waals surface area contributed by atoms with Crippen molar-refractivity contribution in [3.8, 4) is 0 Å². The highest BCUT2D eigenvalue weighted by atomic mass is 16.5. The van der Waals surface area contributed by atoms with Gasteiger partial charge in [0.25, 0.3) is 0 Å². The van der Waals surface area contributed by atoms with Crippen LogP contribution in [0.25, 0.3) is 0 Å². The quantitative estimate of drug-likeness (QED) is 0.697. The molecule has 1 aliphatic carbocycles. The van der Waals surface area contributed by atoms with Crippen molar-refractivity contribution in [1.82, 2.24) is 5.32 Å². The van der Waals surface area contributed by atoms with Gasteiger partial charge in [-0.25, -0.2) is 0 Å². The predicted octanol–water partition coefficient (Wildman–Crippen LogP) is 1.45. The van der Waals surface area contributed by atoms with Gasteiger partial charge in [0.1, 0.15) is 0 Å². The molecule has 0 aromatic carbocycles. The Morgan fingerprint density at radius 3 is 2.47 bits per heavy atom. The van der Waals surface area contributed by atoms with E-state index in [0.29, 0.717) is 12.6 Å². The third-order valence-electron chi connectivity index (χ3n) is 3.77. The Labute approximate surface area is 92.2 Å². The Bertz CT molecular complexity index is 182. The molecule has 3 nitrogen and oxygen atoms in total. The van der Waals surface area contributed by atoms with Gasteiger partial charge >= 0.3 is 0 Å². The average molecular weight is 213 g/mol. The second-order valence-corrected chi connectivity index (χ2v) is 5.07. The fourth-order valence-electron chi connectivity index (χ4n) is 2.75. The summed E-state index contributed by atoms with van der Waals surface area (Å²) in [6.07, 6.45) is 8.91. The Morgan fingerprint density at radius 2 is 1.93 bits per heavy atom. The maximum atomic E-state index is 9.47. The molecule has 0 spiro atoms. The molecular formula is C12H23NO2. The first kappa shape index (κ1) is 11.4. The van der Waals surface area contributed by atoms with Crippen molar-refractivity contribution >= 4 is 0 Å². The summed E-state index contributed by atoms with van der Waals surface area (Å²) in [5.41, 5.74) is -0.130. The summed E-state index contributed by atoms with van der Waals surface area (Å²) in [5, 5.41) is 13.1. The summed E-state index contributed by atoms with van der Waals surface area (Å²) in [4.78, 5) is 0. The molecule has 1 saturated carbocycles. The van der Waals surface area contributed by atoms with Crippen molar-refractivity contribution in [2.24, 2.45) is 0 Å². The number of nitrogens with one attached hydrogen (secondary N) is 1. The van der Waals surface area contributed by atoms with Crippen molar-refractivity contribution < 1.29 is 9.84 Å². The number of aliphatic hydroxyl groups excluding tert-OH is 1. The molecule has 1 unspecified atom stereocenters. The normalized spacial score (nSPS) is 34.2. The van der Waals surface area contributed by atoms with E-state index in [1.54, 1.807) is 0 Å². The Kier molecular flexibility index (Phi) is 4.00. The fourth-order valence-corrected chi connectivity index (χ4v) is 2.75. The molecule has 1 atom stereocenters. The van der Waals surface area contributed by atoms with Crippen LogP contribution in [0.5, 0.6) is 0 Å². The van der Waals surface area contributed by atoms with Crippen LogP contribution in [0.4, 0.5) is 0 Å². The molecule has 0 aromatic heterocycles. The van der Waals surface area contributed by atoms with E-state index in [1.165, 1.54) is 38.5 Å². The highest BCUT2D eigenvalue weighted by molar-refractivity contribution is 4.93. The number of rotatable bonds is 3. The van der Waals surface area contributed by atoms with E-state index in [2.05, 4.69) is 5.32 Å². The van der Waals surface area contributed by atoms with Gasteiger partial charge in [0, 0.05) is 12.6 Å². The molecule has 1 aliphatic heterocycles. The highest BCUT2D eigenvalue weighted by Gasteiger charge is 2.35. The molecule has 0 amide bonds. The van der Waals surface area contributed by atoms with Gasteiger partial charge in [-0.2, -0.15) is 0 Å².